The number of carboxylic acid groups (broad SMARTS) is 1. The zero-order valence-electron chi connectivity index (χ0n) is 10.4. The van der Waals surface area contributed by atoms with Crippen LogP contribution < -0.4 is 4.90 Å². The van der Waals surface area contributed by atoms with Crippen molar-refractivity contribution in [1.29, 1.82) is 0 Å². The number of rotatable bonds is 4. The van der Waals surface area contributed by atoms with Gasteiger partial charge in [-0.25, -0.2) is 0 Å². The van der Waals surface area contributed by atoms with E-state index in [1.807, 2.05) is 0 Å². The summed E-state index contributed by atoms with van der Waals surface area (Å²) >= 11 is 0. The first kappa shape index (κ1) is 12.9. The van der Waals surface area contributed by atoms with Crippen LogP contribution in [0.15, 0.2) is 47.1 Å². The Morgan fingerprint density at radius 2 is 1.89 bits per heavy atom. The third kappa shape index (κ3) is 3.01. The topological polar surface area (TPSA) is 70.8 Å². The Hall–Kier alpha value is -2.56. The molecule has 2 rings (SSSR count). The summed E-state index contributed by atoms with van der Waals surface area (Å²) in [6.07, 6.45) is 1.41. The molecule has 0 unspecified atom stereocenters. The summed E-state index contributed by atoms with van der Waals surface area (Å²) in [7, 11) is 1.64. The maximum atomic E-state index is 12.0. The Bertz CT molecular complexity index is 572. The van der Waals surface area contributed by atoms with Crippen LogP contribution in [0.1, 0.15) is 16.1 Å². The highest BCUT2D eigenvalue weighted by atomic mass is 16.4. The molecule has 2 aromatic rings. The fourth-order valence-corrected chi connectivity index (χ4v) is 1.69. The van der Waals surface area contributed by atoms with Crippen molar-refractivity contribution in [2.24, 2.45) is 0 Å². The fraction of sp³-hybridized carbons (Fsp3) is 0.143. The molecule has 0 aliphatic carbocycles. The number of nitrogens with zero attached hydrogens (tertiary/aromatic N) is 1. The van der Waals surface area contributed by atoms with Crippen molar-refractivity contribution < 1.29 is 19.1 Å². The number of anilines is 1. The molecule has 0 fully saturated rings. The summed E-state index contributed by atoms with van der Waals surface area (Å²) in [6.45, 7) is 0. The van der Waals surface area contributed by atoms with Crippen molar-refractivity contribution in [3.63, 3.8) is 0 Å². The molecule has 0 bridgehead atoms. The Kier molecular flexibility index (Phi) is 3.66. The van der Waals surface area contributed by atoms with Crippen LogP contribution in [-0.2, 0) is 11.2 Å². The van der Waals surface area contributed by atoms with Crippen molar-refractivity contribution in [2.45, 2.75) is 6.42 Å². The van der Waals surface area contributed by atoms with E-state index in [4.69, 9.17) is 9.52 Å². The molecule has 5 nitrogen and oxygen atoms in total. The first-order chi connectivity index (χ1) is 9.08. The lowest BCUT2D eigenvalue weighted by Crippen LogP contribution is -2.25. The van der Waals surface area contributed by atoms with E-state index in [0.29, 0.717) is 11.3 Å². The van der Waals surface area contributed by atoms with Crippen LogP contribution in [0.3, 0.4) is 0 Å². The van der Waals surface area contributed by atoms with Crippen LogP contribution in [0.25, 0.3) is 0 Å². The standard InChI is InChI=1S/C14H13NO4/c1-15(14(18)12-3-2-8-19-12)11-6-4-10(5-7-11)9-13(16)17/h2-8H,9H2,1H3,(H,16,17). The van der Waals surface area contributed by atoms with E-state index in [1.54, 1.807) is 43.4 Å². The Labute approximate surface area is 110 Å². The lowest BCUT2D eigenvalue weighted by Gasteiger charge is -2.16. The Balaban J connectivity index is 2.13. The number of aliphatic carboxylic acids is 1. The van der Waals surface area contributed by atoms with Gasteiger partial charge in [0.05, 0.1) is 12.7 Å². The minimum absolute atomic E-state index is 0.0316. The van der Waals surface area contributed by atoms with Crippen LogP contribution in [0.5, 0.6) is 0 Å². The van der Waals surface area contributed by atoms with Crippen LogP contribution >= 0.6 is 0 Å². The van der Waals surface area contributed by atoms with Gasteiger partial charge in [0, 0.05) is 12.7 Å². The highest BCUT2D eigenvalue weighted by Crippen LogP contribution is 2.17. The lowest BCUT2D eigenvalue weighted by molar-refractivity contribution is -0.136. The van der Waals surface area contributed by atoms with Gasteiger partial charge in [0.1, 0.15) is 0 Å². The first-order valence-electron chi connectivity index (χ1n) is 5.70. The van der Waals surface area contributed by atoms with E-state index in [1.165, 1.54) is 11.2 Å². The van der Waals surface area contributed by atoms with Gasteiger partial charge in [0.25, 0.3) is 5.91 Å². The number of carbonyl (C=O) groups is 2. The number of furan rings is 1. The molecule has 1 heterocycles. The lowest BCUT2D eigenvalue weighted by atomic mass is 10.1. The van der Waals surface area contributed by atoms with Gasteiger partial charge in [-0.15, -0.1) is 0 Å². The fourth-order valence-electron chi connectivity index (χ4n) is 1.69. The Morgan fingerprint density at radius 1 is 1.21 bits per heavy atom. The highest BCUT2D eigenvalue weighted by Gasteiger charge is 2.15. The molecule has 19 heavy (non-hydrogen) atoms. The van der Waals surface area contributed by atoms with Crippen LogP contribution in [0, 0.1) is 0 Å². The van der Waals surface area contributed by atoms with E-state index in [9.17, 15) is 9.59 Å². The molecule has 1 N–H and O–H groups in total. The maximum absolute atomic E-state index is 12.0. The monoisotopic (exact) mass is 259 g/mol. The quantitative estimate of drug-likeness (QED) is 0.913. The molecule has 0 radical (unpaired) electrons. The molecule has 0 aliphatic heterocycles. The van der Waals surface area contributed by atoms with Gasteiger partial charge < -0.3 is 14.4 Å². The minimum atomic E-state index is -0.882. The summed E-state index contributed by atoms with van der Waals surface area (Å²) in [5.74, 6) is -0.874. The predicted octanol–water partition coefficient (Wildman–Crippen LogP) is 2.18. The highest BCUT2D eigenvalue weighted by molar-refractivity contribution is 6.03. The van der Waals surface area contributed by atoms with E-state index < -0.39 is 5.97 Å². The summed E-state index contributed by atoms with van der Waals surface area (Å²) in [4.78, 5) is 24.0. The second-order valence-corrected chi connectivity index (χ2v) is 4.08. The molecule has 0 aliphatic rings. The SMILES string of the molecule is CN(C(=O)c1ccco1)c1ccc(CC(=O)O)cc1. The second kappa shape index (κ2) is 5.39. The average molecular weight is 259 g/mol. The molecule has 0 spiro atoms. The molecular weight excluding hydrogens is 246 g/mol. The van der Waals surface area contributed by atoms with Crippen molar-refractivity contribution in [1.82, 2.24) is 0 Å². The predicted molar refractivity (Wildman–Crippen MR) is 69.2 cm³/mol. The number of amides is 1. The molecule has 1 amide bonds. The molecule has 1 aromatic carbocycles. The second-order valence-electron chi connectivity index (χ2n) is 4.08. The molecule has 5 heteroatoms. The number of benzene rings is 1. The van der Waals surface area contributed by atoms with E-state index >= 15 is 0 Å². The van der Waals surface area contributed by atoms with Gasteiger partial charge in [-0.3, -0.25) is 9.59 Å². The largest absolute Gasteiger partial charge is 0.481 e. The summed E-state index contributed by atoms with van der Waals surface area (Å²) in [5.41, 5.74) is 1.37. The van der Waals surface area contributed by atoms with Gasteiger partial charge in [-0.05, 0) is 29.8 Å². The number of hydrogen-bond acceptors (Lipinski definition) is 3. The normalized spacial score (nSPS) is 10.2. The van der Waals surface area contributed by atoms with Crippen LogP contribution in [0.4, 0.5) is 5.69 Å². The Morgan fingerprint density at radius 3 is 2.42 bits per heavy atom. The molecule has 98 valence electrons. The maximum Gasteiger partial charge on any atom is 0.307 e. The molecular formula is C14H13NO4. The van der Waals surface area contributed by atoms with Gasteiger partial charge in [-0.1, -0.05) is 12.1 Å². The summed E-state index contributed by atoms with van der Waals surface area (Å²) in [5, 5.41) is 8.68. The van der Waals surface area contributed by atoms with E-state index in [0.717, 1.165) is 0 Å². The molecule has 1 aromatic heterocycles. The first-order valence-corrected chi connectivity index (χ1v) is 5.70. The van der Waals surface area contributed by atoms with E-state index in [-0.39, 0.29) is 18.1 Å². The molecule has 0 saturated heterocycles. The minimum Gasteiger partial charge on any atom is -0.481 e. The van der Waals surface area contributed by atoms with E-state index in [2.05, 4.69) is 0 Å². The van der Waals surface area contributed by atoms with Gasteiger partial charge in [-0.2, -0.15) is 0 Å². The molecule has 0 saturated carbocycles. The molecule has 0 atom stereocenters. The zero-order valence-corrected chi connectivity index (χ0v) is 10.4. The van der Waals surface area contributed by atoms with Gasteiger partial charge >= 0.3 is 5.97 Å². The number of carbonyl (C=O) groups excluding carboxylic acids is 1. The van der Waals surface area contributed by atoms with Gasteiger partial charge in [0.2, 0.25) is 0 Å². The third-order valence-electron chi connectivity index (χ3n) is 2.72. The van der Waals surface area contributed by atoms with Crippen LogP contribution in [0.2, 0.25) is 0 Å². The number of carboxylic acids is 1. The van der Waals surface area contributed by atoms with Crippen molar-refractivity contribution >= 4 is 17.6 Å². The third-order valence-corrected chi connectivity index (χ3v) is 2.72. The summed E-state index contributed by atoms with van der Waals surface area (Å²) < 4.78 is 5.05. The van der Waals surface area contributed by atoms with Crippen LogP contribution in [-0.4, -0.2) is 24.0 Å². The number of hydrogen-bond donors (Lipinski definition) is 1. The van der Waals surface area contributed by atoms with Gasteiger partial charge in [0.15, 0.2) is 5.76 Å². The van der Waals surface area contributed by atoms with Crippen molar-refractivity contribution in [2.75, 3.05) is 11.9 Å². The van der Waals surface area contributed by atoms with Crippen molar-refractivity contribution in [3.8, 4) is 0 Å². The zero-order chi connectivity index (χ0) is 13.8. The summed E-state index contributed by atoms with van der Waals surface area (Å²) in [6, 6.07) is 10.0. The van der Waals surface area contributed by atoms with Crippen molar-refractivity contribution in [3.05, 3.63) is 54.0 Å². The average Bonchev–Trinajstić information content (AvgIpc) is 2.91. The smallest absolute Gasteiger partial charge is 0.307 e.